The average molecular weight is 349 g/mol. The number of nitrogens with one attached hydrogen (secondary N) is 1. The summed E-state index contributed by atoms with van der Waals surface area (Å²) >= 11 is 0. The number of aryl methyl sites for hydroxylation is 2. The van der Waals surface area contributed by atoms with E-state index in [1.54, 1.807) is 20.8 Å². The molecule has 0 aromatic heterocycles. The van der Waals surface area contributed by atoms with Crippen molar-refractivity contribution >= 4 is 17.8 Å². The minimum atomic E-state index is -0.646. The van der Waals surface area contributed by atoms with Gasteiger partial charge < -0.3 is 14.8 Å². The Balaban J connectivity index is 2.99. The van der Waals surface area contributed by atoms with E-state index in [0.717, 1.165) is 16.7 Å². The maximum absolute atomic E-state index is 12.1. The molecule has 1 aromatic rings. The van der Waals surface area contributed by atoms with Crippen LogP contribution in [0.1, 0.15) is 56.3 Å². The number of hydrogen-bond donors (Lipinski definition) is 1. The van der Waals surface area contributed by atoms with Crippen molar-refractivity contribution in [3.63, 3.8) is 0 Å². The van der Waals surface area contributed by atoms with Gasteiger partial charge in [0.2, 0.25) is 0 Å². The molecular formula is C19H27NO5. The van der Waals surface area contributed by atoms with Crippen LogP contribution in [0.25, 0.3) is 0 Å². The summed E-state index contributed by atoms with van der Waals surface area (Å²) in [5.74, 6) is -0.909. The first kappa shape index (κ1) is 20.7. The SMILES string of the molecule is COC(=O)CC(=O)CC(NC(=O)OC(C)(C)C)c1cc(C)cc(C)c1. The fourth-order valence-electron chi connectivity index (χ4n) is 2.45. The van der Waals surface area contributed by atoms with Gasteiger partial charge in [-0.3, -0.25) is 9.59 Å². The van der Waals surface area contributed by atoms with E-state index in [-0.39, 0.29) is 18.6 Å². The number of hydrogen-bond acceptors (Lipinski definition) is 5. The Labute approximate surface area is 148 Å². The number of amides is 1. The van der Waals surface area contributed by atoms with Gasteiger partial charge in [0.25, 0.3) is 0 Å². The molecule has 0 saturated heterocycles. The van der Waals surface area contributed by atoms with Crippen molar-refractivity contribution in [1.82, 2.24) is 5.32 Å². The van der Waals surface area contributed by atoms with Gasteiger partial charge in [-0.15, -0.1) is 0 Å². The normalized spacial score (nSPS) is 12.2. The van der Waals surface area contributed by atoms with Crippen molar-refractivity contribution < 1.29 is 23.9 Å². The molecule has 1 amide bonds. The summed E-state index contributed by atoms with van der Waals surface area (Å²) in [5, 5.41) is 2.73. The Morgan fingerprint density at radius 1 is 1.08 bits per heavy atom. The van der Waals surface area contributed by atoms with Gasteiger partial charge in [0.15, 0.2) is 0 Å². The summed E-state index contributed by atoms with van der Waals surface area (Å²) < 4.78 is 9.80. The number of carbonyl (C=O) groups is 3. The molecule has 1 unspecified atom stereocenters. The highest BCUT2D eigenvalue weighted by atomic mass is 16.6. The second kappa shape index (κ2) is 8.65. The predicted molar refractivity (Wildman–Crippen MR) is 94.3 cm³/mol. The van der Waals surface area contributed by atoms with Crippen molar-refractivity contribution in [2.24, 2.45) is 0 Å². The first-order chi connectivity index (χ1) is 11.5. The second-order valence-electron chi connectivity index (χ2n) is 7.12. The highest BCUT2D eigenvalue weighted by Crippen LogP contribution is 2.22. The molecule has 6 nitrogen and oxygen atoms in total. The number of ketones is 1. The highest BCUT2D eigenvalue weighted by molar-refractivity contribution is 5.96. The van der Waals surface area contributed by atoms with E-state index in [2.05, 4.69) is 10.1 Å². The molecule has 0 aliphatic carbocycles. The minimum absolute atomic E-state index is 0.0166. The molecule has 138 valence electrons. The molecule has 1 N–H and O–H groups in total. The van der Waals surface area contributed by atoms with Crippen LogP contribution < -0.4 is 5.32 Å². The van der Waals surface area contributed by atoms with Crippen LogP contribution in [0.15, 0.2) is 18.2 Å². The van der Waals surface area contributed by atoms with Crippen molar-refractivity contribution in [2.45, 2.75) is 59.1 Å². The van der Waals surface area contributed by atoms with Gasteiger partial charge >= 0.3 is 12.1 Å². The van der Waals surface area contributed by atoms with Crippen LogP contribution in [-0.2, 0) is 19.1 Å². The number of esters is 1. The highest BCUT2D eigenvalue weighted by Gasteiger charge is 2.24. The lowest BCUT2D eigenvalue weighted by molar-refractivity contribution is -0.143. The van der Waals surface area contributed by atoms with Crippen LogP contribution >= 0.6 is 0 Å². The van der Waals surface area contributed by atoms with E-state index >= 15 is 0 Å². The van der Waals surface area contributed by atoms with Crippen LogP contribution in [0.4, 0.5) is 4.79 Å². The van der Waals surface area contributed by atoms with Gasteiger partial charge in [-0.2, -0.15) is 0 Å². The van der Waals surface area contributed by atoms with Gasteiger partial charge in [0, 0.05) is 6.42 Å². The zero-order valence-electron chi connectivity index (χ0n) is 15.8. The van der Waals surface area contributed by atoms with Gasteiger partial charge in [0.05, 0.1) is 13.2 Å². The van der Waals surface area contributed by atoms with Crippen LogP contribution in [0, 0.1) is 13.8 Å². The fraction of sp³-hybridized carbons (Fsp3) is 0.526. The third kappa shape index (κ3) is 7.83. The largest absolute Gasteiger partial charge is 0.469 e. The van der Waals surface area contributed by atoms with E-state index < -0.39 is 23.7 Å². The Morgan fingerprint density at radius 3 is 2.12 bits per heavy atom. The standard InChI is InChI=1S/C19H27NO5/c1-12-7-13(2)9-14(8-12)16(10-15(21)11-17(22)24-6)20-18(23)25-19(3,4)5/h7-9,16H,10-11H2,1-6H3,(H,20,23). The lowest BCUT2D eigenvalue weighted by Gasteiger charge is -2.24. The molecule has 6 heteroatoms. The van der Waals surface area contributed by atoms with Crippen LogP contribution in [0.3, 0.4) is 0 Å². The number of benzene rings is 1. The molecule has 0 radical (unpaired) electrons. The number of methoxy groups -OCH3 is 1. The van der Waals surface area contributed by atoms with E-state index in [4.69, 9.17) is 4.74 Å². The summed E-state index contributed by atoms with van der Waals surface area (Å²) in [4.78, 5) is 35.6. The number of rotatable bonds is 6. The van der Waals surface area contributed by atoms with E-state index in [1.807, 2.05) is 32.0 Å². The predicted octanol–water partition coefficient (Wildman–Crippen LogP) is 3.39. The number of ether oxygens (including phenoxy) is 2. The molecule has 1 atom stereocenters. The summed E-state index contributed by atoms with van der Waals surface area (Å²) in [6.45, 7) is 9.18. The topological polar surface area (TPSA) is 81.7 Å². The quantitative estimate of drug-likeness (QED) is 0.629. The molecule has 0 heterocycles. The third-order valence-electron chi connectivity index (χ3n) is 3.34. The monoisotopic (exact) mass is 349 g/mol. The number of carbonyl (C=O) groups excluding carboxylic acids is 3. The van der Waals surface area contributed by atoms with E-state index in [0.29, 0.717) is 0 Å². The van der Waals surface area contributed by atoms with Gasteiger partial charge in [-0.05, 0) is 40.2 Å². The molecular weight excluding hydrogens is 322 g/mol. The van der Waals surface area contributed by atoms with Crippen molar-refractivity contribution in [3.8, 4) is 0 Å². The average Bonchev–Trinajstić information content (AvgIpc) is 2.43. The van der Waals surface area contributed by atoms with Crippen molar-refractivity contribution in [2.75, 3.05) is 7.11 Å². The molecule has 1 aromatic carbocycles. The Hall–Kier alpha value is -2.37. The Morgan fingerprint density at radius 2 is 1.64 bits per heavy atom. The van der Waals surface area contributed by atoms with E-state index in [1.165, 1.54) is 7.11 Å². The summed E-state index contributed by atoms with van der Waals surface area (Å²) in [7, 11) is 1.23. The third-order valence-corrected chi connectivity index (χ3v) is 3.34. The van der Waals surface area contributed by atoms with Gasteiger partial charge in [-0.25, -0.2) is 4.79 Å². The summed E-state index contributed by atoms with van der Waals surface area (Å²) in [6, 6.07) is 5.23. The van der Waals surface area contributed by atoms with Crippen molar-refractivity contribution in [3.05, 3.63) is 34.9 Å². The van der Waals surface area contributed by atoms with Crippen LogP contribution in [-0.4, -0.2) is 30.6 Å². The molecule has 0 fully saturated rings. The van der Waals surface area contributed by atoms with Gasteiger partial charge in [0.1, 0.15) is 17.8 Å². The number of alkyl carbamates (subject to hydrolysis) is 1. The summed E-state index contributed by atoms with van der Waals surface area (Å²) in [6.07, 6.45) is -0.951. The van der Waals surface area contributed by atoms with Crippen LogP contribution in [0.2, 0.25) is 0 Å². The Bertz CT molecular complexity index is 625. The maximum Gasteiger partial charge on any atom is 0.408 e. The van der Waals surface area contributed by atoms with Gasteiger partial charge in [-0.1, -0.05) is 29.3 Å². The summed E-state index contributed by atoms with van der Waals surface area (Å²) in [5.41, 5.74) is 2.19. The second-order valence-corrected chi connectivity index (χ2v) is 7.12. The molecule has 25 heavy (non-hydrogen) atoms. The maximum atomic E-state index is 12.1. The number of Topliss-reactive ketones (excluding diaryl/α,β-unsaturated/α-hetero) is 1. The van der Waals surface area contributed by atoms with Crippen molar-refractivity contribution in [1.29, 1.82) is 0 Å². The Kier molecular flexibility index (Phi) is 7.15. The lowest BCUT2D eigenvalue weighted by atomic mass is 9.97. The molecule has 0 bridgehead atoms. The minimum Gasteiger partial charge on any atom is -0.469 e. The molecule has 0 aliphatic rings. The zero-order chi connectivity index (χ0) is 19.2. The molecule has 0 aliphatic heterocycles. The van der Waals surface area contributed by atoms with Crippen LogP contribution in [0.5, 0.6) is 0 Å². The lowest BCUT2D eigenvalue weighted by Crippen LogP contribution is -2.36. The smallest absolute Gasteiger partial charge is 0.408 e. The first-order valence-corrected chi connectivity index (χ1v) is 8.16. The molecule has 0 saturated carbocycles. The first-order valence-electron chi connectivity index (χ1n) is 8.16. The zero-order valence-corrected chi connectivity index (χ0v) is 15.8. The molecule has 1 rings (SSSR count). The fourth-order valence-corrected chi connectivity index (χ4v) is 2.45. The molecule has 0 spiro atoms. The van der Waals surface area contributed by atoms with E-state index in [9.17, 15) is 14.4 Å².